The van der Waals surface area contributed by atoms with Gasteiger partial charge in [-0.3, -0.25) is 9.69 Å². The first kappa shape index (κ1) is 17.7. The first-order valence-electron chi connectivity index (χ1n) is 8.94. The minimum atomic E-state index is -0.142. The molecule has 0 aromatic rings. The number of likely N-dealkylation sites (tertiary alicyclic amines) is 1. The molecule has 1 saturated carbocycles. The number of rotatable bonds is 5. The van der Waals surface area contributed by atoms with E-state index in [1.807, 2.05) is 6.92 Å². The van der Waals surface area contributed by atoms with Crippen molar-refractivity contribution in [2.75, 3.05) is 33.8 Å². The van der Waals surface area contributed by atoms with Gasteiger partial charge in [-0.1, -0.05) is 13.8 Å². The van der Waals surface area contributed by atoms with E-state index in [4.69, 9.17) is 4.74 Å². The molecule has 2 aliphatic rings. The van der Waals surface area contributed by atoms with E-state index in [2.05, 4.69) is 30.7 Å². The van der Waals surface area contributed by atoms with Gasteiger partial charge in [-0.25, -0.2) is 0 Å². The molecule has 0 spiro atoms. The number of methoxy groups -OCH3 is 1. The second kappa shape index (κ2) is 7.78. The van der Waals surface area contributed by atoms with Crippen LogP contribution in [0, 0.1) is 17.8 Å². The zero-order valence-electron chi connectivity index (χ0n) is 15.0. The Morgan fingerprint density at radius 3 is 2.50 bits per heavy atom. The molecule has 22 heavy (non-hydrogen) atoms. The Bertz CT molecular complexity index is 366. The van der Waals surface area contributed by atoms with Gasteiger partial charge in [-0.05, 0) is 70.5 Å². The maximum Gasteiger partial charge on any atom is 0.322 e. The van der Waals surface area contributed by atoms with Crippen LogP contribution in [0.4, 0.5) is 0 Å². The van der Waals surface area contributed by atoms with Gasteiger partial charge in [0, 0.05) is 12.6 Å². The molecule has 2 rings (SSSR count). The summed E-state index contributed by atoms with van der Waals surface area (Å²) in [6.45, 7) is 10.5. The summed E-state index contributed by atoms with van der Waals surface area (Å²) >= 11 is 0. The van der Waals surface area contributed by atoms with E-state index in [0.29, 0.717) is 6.04 Å². The molecule has 4 nitrogen and oxygen atoms in total. The third-order valence-electron chi connectivity index (χ3n) is 6.12. The number of nitrogens with zero attached hydrogens (tertiary/aromatic N) is 2. The van der Waals surface area contributed by atoms with Crippen molar-refractivity contribution in [3.63, 3.8) is 0 Å². The quantitative estimate of drug-likeness (QED) is 0.731. The fourth-order valence-corrected chi connectivity index (χ4v) is 4.12. The van der Waals surface area contributed by atoms with Gasteiger partial charge >= 0.3 is 5.97 Å². The first-order chi connectivity index (χ1) is 10.4. The van der Waals surface area contributed by atoms with E-state index < -0.39 is 0 Å². The average molecular weight is 310 g/mol. The lowest BCUT2D eigenvalue weighted by atomic mass is 9.94. The Hall–Kier alpha value is -0.610. The number of hydrogen-bond acceptors (Lipinski definition) is 4. The number of hydrogen-bond donors (Lipinski definition) is 0. The summed E-state index contributed by atoms with van der Waals surface area (Å²) in [6, 6.07) is 0.370. The van der Waals surface area contributed by atoms with E-state index in [0.717, 1.165) is 17.8 Å². The Balaban J connectivity index is 1.85. The molecule has 0 bridgehead atoms. The predicted octanol–water partition coefficient (Wildman–Crippen LogP) is 2.63. The maximum atomic E-state index is 11.7. The topological polar surface area (TPSA) is 32.8 Å². The van der Waals surface area contributed by atoms with Crippen molar-refractivity contribution < 1.29 is 9.53 Å². The summed E-state index contributed by atoms with van der Waals surface area (Å²) in [6.07, 6.45) is 5.12. The van der Waals surface area contributed by atoms with Gasteiger partial charge in [-0.2, -0.15) is 0 Å². The molecular weight excluding hydrogens is 276 g/mol. The molecule has 4 atom stereocenters. The highest BCUT2D eigenvalue weighted by Crippen LogP contribution is 2.36. The number of esters is 1. The molecular formula is C18H34N2O2. The highest BCUT2D eigenvalue weighted by molar-refractivity contribution is 5.75. The Morgan fingerprint density at radius 1 is 1.27 bits per heavy atom. The number of carbonyl (C=O) groups excluding carboxylic acids is 1. The minimum absolute atomic E-state index is 0.122. The van der Waals surface area contributed by atoms with Crippen molar-refractivity contribution in [3.05, 3.63) is 0 Å². The van der Waals surface area contributed by atoms with Crippen LogP contribution in [0.1, 0.15) is 46.5 Å². The molecule has 128 valence electrons. The highest BCUT2D eigenvalue weighted by atomic mass is 16.5. The monoisotopic (exact) mass is 310 g/mol. The second-order valence-electron chi connectivity index (χ2n) is 7.71. The van der Waals surface area contributed by atoms with E-state index in [-0.39, 0.29) is 12.0 Å². The van der Waals surface area contributed by atoms with E-state index in [1.165, 1.54) is 52.4 Å². The molecule has 1 heterocycles. The van der Waals surface area contributed by atoms with Crippen molar-refractivity contribution >= 4 is 5.97 Å². The fraction of sp³-hybridized carbons (Fsp3) is 0.944. The predicted molar refractivity (Wildman–Crippen MR) is 89.8 cm³/mol. The van der Waals surface area contributed by atoms with Crippen molar-refractivity contribution in [2.45, 2.75) is 58.5 Å². The maximum absolute atomic E-state index is 11.7. The van der Waals surface area contributed by atoms with Gasteiger partial charge in [0.2, 0.25) is 0 Å². The molecule has 4 heteroatoms. The van der Waals surface area contributed by atoms with Crippen LogP contribution in [0.5, 0.6) is 0 Å². The van der Waals surface area contributed by atoms with E-state index in [9.17, 15) is 4.79 Å². The van der Waals surface area contributed by atoms with Gasteiger partial charge in [0.25, 0.3) is 0 Å². The highest BCUT2D eigenvalue weighted by Gasteiger charge is 2.37. The number of likely N-dealkylation sites (N-methyl/N-ethyl adjacent to an activating group) is 1. The van der Waals surface area contributed by atoms with Crippen molar-refractivity contribution in [1.82, 2.24) is 9.80 Å². The summed E-state index contributed by atoms with van der Waals surface area (Å²) in [4.78, 5) is 16.6. The Morgan fingerprint density at radius 2 is 1.91 bits per heavy atom. The number of ether oxygens (including phenoxy) is 1. The Labute approximate surface area is 136 Å². The van der Waals surface area contributed by atoms with Gasteiger partial charge in [0.15, 0.2) is 0 Å². The van der Waals surface area contributed by atoms with Crippen LogP contribution in [0.25, 0.3) is 0 Å². The second-order valence-corrected chi connectivity index (χ2v) is 7.71. The van der Waals surface area contributed by atoms with Crippen LogP contribution < -0.4 is 0 Å². The molecule has 1 saturated heterocycles. The van der Waals surface area contributed by atoms with Crippen LogP contribution in [-0.2, 0) is 9.53 Å². The molecule has 1 aliphatic carbocycles. The van der Waals surface area contributed by atoms with E-state index in [1.54, 1.807) is 0 Å². The molecule has 1 aliphatic heterocycles. The lowest BCUT2D eigenvalue weighted by Gasteiger charge is -2.33. The molecule has 0 radical (unpaired) electrons. The smallest absolute Gasteiger partial charge is 0.322 e. The standard InChI is InChI=1S/C18H34N2O2/c1-13-6-8-20(9-7-13)12-16-11-17(10-14(16)2)19(4)15(3)18(21)22-5/h13-17H,6-12H2,1-5H3/t14-,15?,16+,17?/m0/s1. The third kappa shape index (κ3) is 4.23. The van der Waals surface area contributed by atoms with Gasteiger partial charge in [0.1, 0.15) is 6.04 Å². The molecule has 0 N–H and O–H groups in total. The normalized spacial score (nSPS) is 32.4. The number of piperidine rings is 1. The summed E-state index contributed by atoms with van der Waals surface area (Å²) in [5, 5.41) is 0. The lowest BCUT2D eigenvalue weighted by Crippen LogP contribution is -2.43. The summed E-state index contributed by atoms with van der Waals surface area (Å²) < 4.78 is 4.89. The largest absolute Gasteiger partial charge is 0.468 e. The molecule has 0 aromatic carbocycles. The zero-order chi connectivity index (χ0) is 16.3. The third-order valence-corrected chi connectivity index (χ3v) is 6.12. The number of carbonyl (C=O) groups is 1. The van der Waals surface area contributed by atoms with Crippen LogP contribution in [0.3, 0.4) is 0 Å². The fourth-order valence-electron chi connectivity index (χ4n) is 4.12. The molecule has 2 fully saturated rings. The van der Waals surface area contributed by atoms with Gasteiger partial charge in [0.05, 0.1) is 7.11 Å². The van der Waals surface area contributed by atoms with Crippen LogP contribution in [0.15, 0.2) is 0 Å². The first-order valence-corrected chi connectivity index (χ1v) is 8.94. The SMILES string of the molecule is COC(=O)C(C)N(C)C1C[C@H](CN2CCC(C)CC2)[C@@H](C)C1. The van der Waals surface area contributed by atoms with Crippen LogP contribution in [-0.4, -0.2) is 61.6 Å². The molecule has 2 unspecified atom stereocenters. The average Bonchev–Trinajstić information content (AvgIpc) is 2.88. The van der Waals surface area contributed by atoms with Crippen LogP contribution >= 0.6 is 0 Å². The van der Waals surface area contributed by atoms with Crippen molar-refractivity contribution in [1.29, 1.82) is 0 Å². The summed E-state index contributed by atoms with van der Waals surface area (Å²) in [5.41, 5.74) is 0. The van der Waals surface area contributed by atoms with Gasteiger partial charge < -0.3 is 9.64 Å². The lowest BCUT2D eigenvalue weighted by molar-refractivity contribution is -0.146. The zero-order valence-corrected chi connectivity index (χ0v) is 15.0. The Kier molecular flexibility index (Phi) is 6.27. The summed E-state index contributed by atoms with van der Waals surface area (Å²) in [5.74, 6) is 2.29. The van der Waals surface area contributed by atoms with Gasteiger partial charge in [-0.15, -0.1) is 0 Å². The molecule has 0 aromatic heterocycles. The minimum Gasteiger partial charge on any atom is -0.468 e. The van der Waals surface area contributed by atoms with Crippen molar-refractivity contribution in [2.24, 2.45) is 17.8 Å². The summed E-state index contributed by atoms with van der Waals surface area (Å²) in [7, 11) is 3.55. The van der Waals surface area contributed by atoms with Crippen molar-refractivity contribution in [3.8, 4) is 0 Å². The van der Waals surface area contributed by atoms with Crippen LogP contribution in [0.2, 0.25) is 0 Å². The van der Waals surface area contributed by atoms with E-state index >= 15 is 0 Å². The molecule has 0 amide bonds.